The minimum Gasteiger partial charge on any atom is -0.353 e. The SMILES string of the molecule is Cc1c(S(=O)(=O)O)ncc(C(=O)N2CCC(c3ccc(F)cc3)CC2)c1Nc1cccc(F)c1Cl. The summed E-state index contributed by atoms with van der Waals surface area (Å²) < 4.78 is 60.4. The zero-order chi connectivity index (χ0) is 25.3. The van der Waals surface area contributed by atoms with Gasteiger partial charge in [0.05, 0.1) is 22.0 Å². The molecule has 0 radical (unpaired) electrons. The number of benzene rings is 2. The molecule has 1 aliphatic rings. The highest BCUT2D eigenvalue weighted by molar-refractivity contribution is 7.85. The first kappa shape index (κ1) is 25.0. The normalized spacial score (nSPS) is 14.7. The first-order valence-corrected chi connectivity index (χ1v) is 12.6. The minimum absolute atomic E-state index is 0.0140. The molecule has 1 aliphatic heterocycles. The van der Waals surface area contributed by atoms with Gasteiger partial charge in [0.2, 0.25) is 0 Å². The number of pyridine rings is 1. The van der Waals surface area contributed by atoms with Gasteiger partial charge in [-0.05, 0) is 55.5 Å². The van der Waals surface area contributed by atoms with Gasteiger partial charge in [-0.25, -0.2) is 13.8 Å². The van der Waals surface area contributed by atoms with E-state index in [1.165, 1.54) is 31.2 Å². The van der Waals surface area contributed by atoms with Gasteiger partial charge in [-0.15, -0.1) is 0 Å². The fourth-order valence-electron chi connectivity index (χ4n) is 4.23. The average Bonchev–Trinajstić information content (AvgIpc) is 2.82. The lowest BCUT2D eigenvalue weighted by Crippen LogP contribution is -2.38. The number of rotatable bonds is 5. The van der Waals surface area contributed by atoms with Crippen molar-refractivity contribution in [2.45, 2.75) is 30.7 Å². The smallest absolute Gasteiger partial charge is 0.312 e. The van der Waals surface area contributed by atoms with Crippen LogP contribution in [-0.2, 0) is 10.1 Å². The molecule has 35 heavy (non-hydrogen) atoms. The van der Waals surface area contributed by atoms with Crippen molar-refractivity contribution in [1.29, 1.82) is 0 Å². The lowest BCUT2D eigenvalue weighted by molar-refractivity contribution is 0.0713. The Bertz CT molecular complexity index is 1380. The molecule has 3 aromatic rings. The predicted molar refractivity (Wildman–Crippen MR) is 128 cm³/mol. The van der Waals surface area contributed by atoms with Crippen LogP contribution in [0.2, 0.25) is 5.02 Å². The van der Waals surface area contributed by atoms with Gasteiger partial charge in [0, 0.05) is 24.8 Å². The molecule has 1 saturated heterocycles. The Balaban J connectivity index is 1.64. The number of hydrogen-bond acceptors (Lipinski definition) is 5. The molecule has 184 valence electrons. The molecular weight excluding hydrogens is 500 g/mol. The zero-order valence-corrected chi connectivity index (χ0v) is 20.2. The van der Waals surface area contributed by atoms with Crippen molar-refractivity contribution in [3.05, 3.63) is 82.0 Å². The number of piperidine rings is 1. The molecule has 0 atom stereocenters. The summed E-state index contributed by atoms with van der Waals surface area (Å²) in [6.07, 6.45) is 2.39. The Hall–Kier alpha value is -3.08. The van der Waals surface area contributed by atoms with Crippen molar-refractivity contribution in [2.75, 3.05) is 18.4 Å². The Morgan fingerprint density at radius 3 is 2.43 bits per heavy atom. The summed E-state index contributed by atoms with van der Waals surface area (Å²) in [4.78, 5) is 18.9. The Labute approximate surface area is 206 Å². The Kier molecular flexibility index (Phi) is 7.07. The summed E-state index contributed by atoms with van der Waals surface area (Å²) in [6, 6.07) is 10.3. The number of nitrogens with zero attached hydrogens (tertiary/aromatic N) is 2. The van der Waals surface area contributed by atoms with Crippen LogP contribution in [0.5, 0.6) is 0 Å². The van der Waals surface area contributed by atoms with Crippen LogP contribution in [0.15, 0.2) is 53.7 Å². The maximum Gasteiger partial charge on any atom is 0.312 e. The molecular formula is C24H22ClF2N3O4S. The molecule has 11 heteroatoms. The van der Waals surface area contributed by atoms with Gasteiger partial charge < -0.3 is 10.2 Å². The van der Waals surface area contributed by atoms with Gasteiger partial charge in [-0.2, -0.15) is 8.42 Å². The molecule has 2 heterocycles. The molecule has 1 fully saturated rings. The second-order valence-corrected chi connectivity index (χ2v) is 10.0. The van der Waals surface area contributed by atoms with Crippen LogP contribution in [0.25, 0.3) is 0 Å². The van der Waals surface area contributed by atoms with Gasteiger partial charge in [0.1, 0.15) is 11.6 Å². The number of carbonyl (C=O) groups excluding carboxylic acids is 1. The van der Waals surface area contributed by atoms with Crippen LogP contribution >= 0.6 is 11.6 Å². The quantitative estimate of drug-likeness (QED) is 0.440. The number of aromatic nitrogens is 1. The molecule has 0 spiro atoms. The van der Waals surface area contributed by atoms with Crippen molar-refractivity contribution in [3.8, 4) is 0 Å². The highest BCUT2D eigenvalue weighted by atomic mass is 35.5. The van der Waals surface area contributed by atoms with Crippen LogP contribution in [0.4, 0.5) is 20.2 Å². The van der Waals surface area contributed by atoms with E-state index in [-0.39, 0.29) is 39.3 Å². The standard InChI is InChI=1S/C24H22ClF2N3O4S/c1-14-22(29-20-4-2-3-19(27)21(20)25)18(13-28-23(14)35(32,33)34)24(31)30-11-9-16(10-12-30)15-5-7-17(26)8-6-15/h2-8,13,16H,9-12H2,1H3,(H,28,29)(H,32,33,34). The summed E-state index contributed by atoms with van der Waals surface area (Å²) in [7, 11) is -4.68. The van der Waals surface area contributed by atoms with Gasteiger partial charge in [-0.1, -0.05) is 29.8 Å². The number of nitrogens with one attached hydrogen (secondary N) is 1. The second kappa shape index (κ2) is 9.88. The molecule has 4 rings (SSSR count). The molecule has 2 N–H and O–H groups in total. The van der Waals surface area contributed by atoms with E-state index in [0.29, 0.717) is 25.9 Å². The Morgan fingerprint density at radius 2 is 1.80 bits per heavy atom. The zero-order valence-electron chi connectivity index (χ0n) is 18.6. The Morgan fingerprint density at radius 1 is 1.14 bits per heavy atom. The van der Waals surface area contributed by atoms with E-state index >= 15 is 0 Å². The number of hydrogen-bond donors (Lipinski definition) is 2. The number of carbonyl (C=O) groups is 1. The van der Waals surface area contributed by atoms with Crippen LogP contribution in [-0.4, -0.2) is 41.9 Å². The summed E-state index contributed by atoms with van der Waals surface area (Å²) in [5.41, 5.74) is 1.20. The summed E-state index contributed by atoms with van der Waals surface area (Å²) in [5, 5.41) is 1.99. The van der Waals surface area contributed by atoms with E-state index in [1.54, 1.807) is 17.0 Å². The largest absolute Gasteiger partial charge is 0.353 e. The first-order chi connectivity index (χ1) is 16.6. The van der Waals surface area contributed by atoms with E-state index in [4.69, 9.17) is 11.6 Å². The maximum absolute atomic E-state index is 14.0. The van der Waals surface area contributed by atoms with E-state index in [1.807, 2.05) is 0 Å². The second-order valence-electron chi connectivity index (χ2n) is 8.30. The van der Waals surface area contributed by atoms with Crippen LogP contribution in [0.3, 0.4) is 0 Å². The van der Waals surface area contributed by atoms with E-state index in [9.17, 15) is 26.5 Å². The van der Waals surface area contributed by atoms with Crippen molar-refractivity contribution in [1.82, 2.24) is 9.88 Å². The van der Waals surface area contributed by atoms with E-state index in [2.05, 4.69) is 10.3 Å². The van der Waals surface area contributed by atoms with E-state index in [0.717, 1.165) is 17.8 Å². The monoisotopic (exact) mass is 521 g/mol. The van der Waals surface area contributed by atoms with Crippen LogP contribution in [0, 0.1) is 18.6 Å². The van der Waals surface area contributed by atoms with E-state index < -0.39 is 26.9 Å². The molecule has 7 nitrogen and oxygen atoms in total. The number of amides is 1. The van der Waals surface area contributed by atoms with Gasteiger partial charge in [0.15, 0.2) is 5.03 Å². The summed E-state index contributed by atoms with van der Waals surface area (Å²) >= 11 is 6.05. The predicted octanol–water partition coefficient (Wildman–Crippen LogP) is 5.33. The van der Waals surface area contributed by atoms with Gasteiger partial charge in [-0.3, -0.25) is 9.35 Å². The average molecular weight is 522 g/mol. The molecule has 2 aromatic carbocycles. The highest BCUT2D eigenvalue weighted by Crippen LogP contribution is 2.35. The minimum atomic E-state index is -4.68. The number of halogens is 3. The number of anilines is 2. The lowest BCUT2D eigenvalue weighted by Gasteiger charge is -2.33. The third-order valence-electron chi connectivity index (χ3n) is 6.09. The lowest BCUT2D eigenvalue weighted by atomic mass is 9.89. The van der Waals surface area contributed by atoms with Crippen LogP contribution < -0.4 is 5.32 Å². The summed E-state index contributed by atoms with van der Waals surface area (Å²) in [5.74, 6) is -1.25. The third-order valence-corrected chi connectivity index (χ3v) is 7.37. The fraction of sp³-hybridized carbons (Fsp3) is 0.250. The first-order valence-electron chi connectivity index (χ1n) is 10.8. The van der Waals surface area contributed by atoms with Gasteiger partial charge in [0.25, 0.3) is 5.91 Å². The fourth-order valence-corrected chi connectivity index (χ4v) is 5.08. The van der Waals surface area contributed by atoms with Crippen molar-refractivity contribution in [2.24, 2.45) is 0 Å². The molecule has 0 unspecified atom stereocenters. The molecule has 1 amide bonds. The topological polar surface area (TPSA) is 99.6 Å². The number of likely N-dealkylation sites (tertiary alicyclic amines) is 1. The maximum atomic E-state index is 14.0. The van der Waals surface area contributed by atoms with Gasteiger partial charge >= 0.3 is 10.1 Å². The van der Waals surface area contributed by atoms with Crippen LogP contribution in [0.1, 0.15) is 40.2 Å². The van der Waals surface area contributed by atoms with Crippen molar-refractivity contribution >= 4 is 39.0 Å². The van der Waals surface area contributed by atoms with Crippen molar-refractivity contribution < 1.29 is 26.5 Å². The molecule has 0 aliphatic carbocycles. The highest BCUT2D eigenvalue weighted by Gasteiger charge is 2.29. The summed E-state index contributed by atoms with van der Waals surface area (Å²) in [6.45, 7) is 2.21. The molecule has 1 aromatic heterocycles. The third kappa shape index (κ3) is 5.29. The molecule has 0 saturated carbocycles. The molecule has 0 bridgehead atoms. The van der Waals surface area contributed by atoms with Crippen molar-refractivity contribution in [3.63, 3.8) is 0 Å².